The van der Waals surface area contributed by atoms with Crippen LogP contribution in [0.15, 0.2) is 25.3 Å². The Morgan fingerprint density at radius 3 is 2.62 bits per heavy atom. The number of rotatable bonds is 11. The van der Waals surface area contributed by atoms with Gasteiger partial charge in [-0.3, -0.25) is 5.32 Å². The predicted molar refractivity (Wildman–Crippen MR) is 72.4 cm³/mol. The molecule has 0 heterocycles. The van der Waals surface area contributed by atoms with E-state index in [4.69, 9.17) is 5.11 Å². The van der Waals surface area contributed by atoms with E-state index in [-0.39, 0.29) is 31.1 Å². The van der Waals surface area contributed by atoms with Crippen LogP contribution in [0.3, 0.4) is 0 Å². The van der Waals surface area contributed by atoms with Gasteiger partial charge in [-0.25, -0.2) is 0 Å². The van der Waals surface area contributed by atoms with E-state index in [1.807, 2.05) is 0 Å². The molecule has 2 N–H and O–H groups in total. The Balaban J connectivity index is 0. The maximum Gasteiger partial charge on any atom is 0.123 e. The molecule has 0 aromatic heterocycles. The van der Waals surface area contributed by atoms with Crippen LogP contribution in [0.25, 0.3) is 5.32 Å². The van der Waals surface area contributed by atoms with Crippen LogP contribution in [0, 0.1) is 31.1 Å². The zero-order chi connectivity index (χ0) is 11.4. The first-order chi connectivity index (χ1) is 7.31. The Morgan fingerprint density at radius 2 is 2.00 bits per heavy atom. The van der Waals surface area contributed by atoms with E-state index >= 15 is 0 Å². The van der Waals surface area contributed by atoms with Crippen LogP contribution in [0.5, 0.6) is 0 Å². The number of hydrogen-bond acceptors (Lipinski definition) is 4. The van der Waals surface area contributed by atoms with Gasteiger partial charge in [0.2, 0.25) is 0 Å². The third-order valence-corrected chi connectivity index (χ3v) is 3.82. The van der Waals surface area contributed by atoms with Crippen LogP contribution < -0.4 is 5.32 Å². The van der Waals surface area contributed by atoms with E-state index in [0.717, 1.165) is 31.1 Å². The molecule has 1 unspecified atom stereocenters. The average molecular weight is 485 g/mol. The topological polar surface area (TPSA) is 46.4 Å². The van der Waals surface area contributed by atoms with Crippen molar-refractivity contribution in [2.75, 3.05) is 31.1 Å². The van der Waals surface area contributed by atoms with Crippen LogP contribution in [0.1, 0.15) is 0 Å². The van der Waals surface area contributed by atoms with Gasteiger partial charge in [0, 0.05) is 43.4 Å². The maximum atomic E-state index is 9.09. The fourth-order valence-corrected chi connectivity index (χ4v) is 2.56. The summed E-state index contributed by atoms with van der Waals surface area (Å²) in [7, 11) is 3.59. The number of aliphatic hydroxyl groups is 1. The van der Waals surface area contributed by atoms with Gasteiger partial charge < -0.3 is 10.4 Å². The second-order valence-electron chi connectivity index (χ2n) is 2.70. The van der Waals surface area contributed by atoms with Gasteiger partial charge in [0.1, 0.15) is 6.23 Å². The van der Waals surface area contributed by atoms with E-state index in [1.165, 1.54) is 6.08 Å². The molecule has 0 spiro atoms. The molecule has 0 bridgehead atoms. The molecule has 0 fully saturated rings. The second kappa shape index (κ2) is 16.1. The van der Waals surface area contributed by atoms with E-state index < -0.39 is 6.23 Å². The minimum absolute atomic E-state index is 0. The first-order valence-electron chi connectivity index (χ1n) is 4.83. The van der Waals surface area contributed by atoms with Gasteiger partial charge in [-0.1, -0.05) is 28.2 Å². The van der Waals surface area contributed by atoms with Crippen molar-refractivity contribution in [1.29, 1.82) is 0 Å². The summed E-state index contributed by atoms with van der Waals surface area (Å²) in [6, 6.07) is 0. The van der Waals surface area contributed by atoms with E-state index in [9.17, 15) is 0 Å². The largest absolute Gasteiger partial charge is 0.658 e. The number of hydrogen-bond donors (Lipinski definition) is 2. The summed E-state index contributed by atoms with van der Waals surface area (Å²) < 4.78 is 0. The number of aliphatic hydroxyl groups excluding tert-OH is 1. The molecule has 92 valence electrons. The SMILES string of the molecule is C=CC[N-]CCSSCCNC(O)C=C.[U]. The zero-order valence-corrected chi connectivity index (χ0v) is 15.2. The fourth-order valence-electron chi connectivity index (χ4n) is 0.734. The zero-order valence-electron chi connectivity index (χ0n) is 9.39. The fraction of sp³-hybridized carbons (Fsp3) is 0.600. The smallest absolute Gasteiger partial charge is 0.123 e. The van der Waals surface area contributed by atoms with E-state index in [0.29, 0.717) is 0 Å². The quantitative estimate of drug-likeness (QED) is 0.204. The Hall–Kier alpha value is 1.11. The third-order valence-electron chi connectivity index (χ3n) is 1.44. The summed E-state index contributed by atoms with van der Waals surface area (Å²) >= 11 is 0. The molecule has 0 saturated heterocycles. The van der Waals surface area contributed by atoms with Crippen LogP contribution in [-0.2, 0) is 0 Å². The van der Waals surface area contributed by atoms with Gasteiger partial charge in [-0.05, 0) is 11.8 Å². The molecule has 0 aromatic rings. The van der Waals surface area contributed by atoms with Crippen LogP contribution >= 0.6 is 21.6 Å². The summed E-state index contributed by atoms with van der Waals surface area (Å²) in [5.74, 6) is 2.00. The van der Waals surface area contributed by atoms with Crippen LogP contribution in [-0.4, -0.2) is 42.5 Å². The van der Waals surface area contributed by atoms with Crippen molar-refractivity contribution >= 4 is 21.6 Å². The first kappa shape index (κ1) is 19.5. The Kier molecular flexibility index (Phi) is 19.6. The molecule has 6 heteroatoms. The average Bonchev–Trinajstić information content (AvgIpc) is 2.26. The van der Waals surface area contributed by atoms with Gasteiger partial charge in [-0.2, -0.15) is 0 Å². The van der Waals surface area contributed by atoms with Gasteiger partial charge >= 0.3 is 0 Å². The second-order valence-corrected chi connectivity index (χ2v) is 5.40. The molecule has 0 aliphatic heterocycles. The molecule has 0 rings (SSSR count). The Morgan fingerprint density at radius 1 is 1.31 bits per heavy atom. The van der Waals surface area contributed by atoms with Gasteiger partial charge in [0.15, 0.2) is 0 Å². The van der Waals surface area contributed by atoms with Crippen molar-refractivity contribution in [3.05, 3.63) is 30.6 Å². The molecule has 0 aliphatic carbocycles. The number of nitrogens with one attached hydrogen (secondary N) is 1. The molecule has 0 saturated carbocycles. The summed E-state index contributed by atoms with van der Waals surface area (Å²) in [5.41, 5.74) is 0. The molecule has 0 aromatic carbocycles. The predicted octanol–water partition coefficient (Wildman–Crippen LogP) is 2.02. The standard InChI is InChI=1S/C10H19N2OS2.U/c1-3-5-11-6-8-14-15-9-7-12-10(13)4-2;/h3-4,10,12-13H,1-2,5-9H2;/q-1;. The van der Waals surface area contributed by atoms with Crippen molar-refractivity contribution in [3.63, 3.8) is 0 Å². The van der Waals surface area contributed by atoms with Gasteiger partial charge in [0.25, 0.3) is 0 Å². The van der Waals surface area contributed by atoms with Crippen LogP contribution in [0.4, 0.5) is 0 Å². The summed E-state index contributed by atoms with van der Waals surface area (Å²) in [6.07, 6.45) is 2.70. The summed E-state index contributed by atoms with van der Waals surface area (Å²) in [4.78, 5) is 0. The van der Waals surface area contributed by atoms with E-state index in [2.05, 4.69) is 23.8 Å². The van der Waals surface area contributed by atoms with Crippen molar-refractivity contribution in [1.82, 2.24) is 5.32 Å². The minimum Gasteiger partial charge on any atom is -0.658 e. The molecule has 3 nitrogen and oxygen atoms in total. The molecule has 0 aliphatic rings. The molecule has 0 radical (unpaired) electrons. The first-order valence-corrected chi connectivity index (χ1v) is 7.32. The minimum atomic E-state index is -0.585. The molecular weight excluding hydrogens is 466 g/mol. The summed E-state index contributed by atoms with van der Waals surface area (Å²) in [5, 5.41) is 16.2. The molecular formula is C10H19N2OS2U-. The maximum absolute atomic E-state index is 9.09. The normalized spacial score (nSPS) is 11.6. The molecule has 1 atom stereocenters. The van der Waals surface area contributed by atoms with Crippen molar-refractivity contribution < 1.29 is 36.2 Å². The molecule has 16 heavy (non-hydrogen) atoms. The third kappa shape index (κ3) is 15.1. The van der Waals surface area contributed by atoms with Gasteiger partial charge in [0.05, 0.1) is 0 Å². The van der Waals surface area contributed by atoms with Crippen molar-refractivity contribution in [3.8, 4) is 0 Å². The van der Waals surface area contributed by atoms with E-state index in [1.54, 1.807) is 27.7 Å². The monoisotopic (exact) mass is 485 g/mol. The van der Waals surface area contributed by atoms with Crippen LogP contribution in [0.2, 0.25) is 0 Å². The summed E-state index contributed by atoms with van der Waals surface area (Å²) in [6.45, 7) is 9.49. The van der Waals surface area contributed by atoms with Crippen molar-refractivity contribution in [2.45, 2.75) is 6.23 Å². The molecule has 0 amide bonds. The Bertz CT molecular complexity index is 173. The van der Waals surface area contributed by atoms with Crippen molar-refractivity contribution in [2.24, 2.45) is 0 Å². The van der Waals surface area contributed by atoms with Gasteiger partial charge in [-0.15, -0.1) is 25.7 Å². The number of nitrogens with zero attached hydrogens (tertiary/aromatic N) is 1. The Labute approximate surface area is 130 Å².